The second kappa shape index (κ2) is 12.3. The van der Waals surface area contributed by atoms with Gasteiger partial charge in [0.05, 0.1) is 5.56 Å². The minimum absolute atomic E-state index is 0.314. The highest BCUT2D eigenvalue weighted by molar-refractivity contribution is 5.66. The molecule has 1 fully saturated rings. The van der Waals surface area contributed by atoms with Gasteiger partial charge in [0.1, 0.15) is 11.6 Å². The van der Waals surface area contributed by atoms with Crippen LogP contribution >= 0.6 is 0 Å². The zero-order valence-corrected chi connectivity index (χ0v) is 21.4. The topological polar surface area (TPSA) is 18.5 Å². The van der Waals surface area contributed by atoms with Gasteiger partial charge in [0, 0.05) is 11.6 Å². The van der Waals surface area contributed by atoms with Crippen LogP contribution in [0.3, 0.4) is 0 Å². The van der Waals surface area contributed by atoms with Crippen molar-refractivity contribution >= 4 is 0 Å². The van der Waals surface area contributed by atoms with Gasteiger partial charge in [-0.1, -0.05) is 31.9 Å². The van der Waals surface area contributed by atoms with E-state index in [2.05, 4.69) is 11.7 Å². The molecule has 0 aliphatic heterocycles. The van der Waals surface area contributed by atoms with Crippen LogP contribution in [0.4, 0.5) is 35.1 Å². The van der Waals surface area contributed by atoms with Crippen LogP contribution in [0, 0.1) is 23.4 Å². The van der Waals surface area contributed by atoms with E-state index in [1.54, 1.807) is 12.1 Å². The van der Waals surface area contributed by atoms with E-state index in [-0.39, 0.29) is 0 Å². The van der Waals surface area contributed by atoms with Crippen molar-refractivity contribution in [2.75, 3.05) is 0 Å². The Labute approximate surface area is 226 Å². The lowest BCUT2D eigenvalue weighted by molar-refractivity contribution is -0.185. The lowest BCUT2D eigenvalue weighted by Crippen LogP contribution is -2.22. The lowest BCUT2D eigenvalue weighted by atomic mass is 9.77. The molecule has 3 aromatic rings. The van der Waals surface area contributed by atoms with E-state index in [1.807, 2.05) is 0 Å². The summed E-state index contributed by atoms with van der Waals surface area (Å²) < 4.78 is 119. The third-order valence-corrected chi connectivity index (χ3v) is 7.10. The van der Waals surface area contributed by atoms with Crippen LogP contribution in [0.25, 0.3) is 11.1 Å². The first-order chi connectivity index (χ1) is 19.0. The van der Waals surface area contributed by atoms with Gasteiger partial charge >= 0.3 is 18.2 Å². The highest BCUT2D eigenvalue weighted by Gasteiger charge is 2.35. The summed E-state index contributed by atoms with van der Waals surface area (Å²) in [6.07, 6.45) is -0.118. The standard InChI is InChI=1S/C30H26F8O2/c1-2-3-17-4-6-18(7-5-17)19-8-10-21(11-9-19)30(37,38)40-22-12-13-23(24(31)16-22)20-14-25(32)27(26(33)15-20)39-29(36)28(34)35/h8-18H,2-7H2,1H3. The smallest absolute Gasteiger partial charge is 0.426 e. The zero-order valence-electron chi connectivity index (χ0n) is 21.4. The van der Waals surface area contributed by atoms with E-state index in [9.17, 15) is 35.1 Å². The second-order valence-corrected chi connectivity index (χ2v) is 9.79. The summed E-state index contributed by atoms with van der Waals surface area (Å²) in [6, 6.07) is 6.96. The fourth-order valence-corrected chi connectivity index (χ4v) is 5.08. The number of hydrogen-bond acceptors (Lipinski definition) is 2. The van der Waals surface area contributed by atoms with Crippen molar-refractivity contribution in [3.8, 4) is 22.6 Å². The fraction of sp³-hybridized carbons (Fsp3) is 0.333. The number of rotatable bonds is 9. The van der Waals surface area contributed by atoms with Crippen LogP contribution in [0.5, 0.6) is 11.5 Å². The summed E-state index contributed by atoms with van der Waals surface area (Å²) in [5.41, 5.74) is -0.270. The van der Waals surface area contributed by atoms with Gasteiger partial charge in [-0.05, 0) is 85.0 Å². The van der Waals surface area contributed by atoms with Crippen molar-refractivity contribution in [3.05, 3.63) is 95.3 Å². The van der Waals surface area contributed by atoms with Crippen LogP contribution < -0.4 is 9.47 Å². The van der Waals surface area contributed by atoms with Crippen molar-refractivity contribution in [3.63, 3.8) is 0 Å². The monoisotopic (exact) mass is 570 g/mol. The molecule has 214 valence electrons. The van der Waals surface area contributed by atoms with Gasteiger partial charge in [0.2, 0.25) is 5.75 Å². The molecule has 0 amide bonds. The van der Waals surface area contributed by atoms with Crippen molar-refractivity contribution < 1.29 is 44.6 Å². The molecule has 0 radical (unpaired) electrons. The third kappa shape index (κ3) is 6.77. The van der Waals surface area contributed by atoms with Gasteiger partial charge in [0.15, 0.2) is 11.6 Å². The molecular weight excluding hydrogens is 544 g/mol. The Balaban J connectivity index is 1.46. The highest BCUT2D eigenvalue weighted by Crippen LogP contribution is 2.40. The molecule has 0 unspecified atom stereocenters. The Morgan fingerprint density at radius 2 is 1.45 bits per heavy atom. The van der Waals surface area contributed by atoms with Crippen molar-refractivity contribution in [1.82, 2.24) is 0 Å². The summed E-state index contributed by atoms with van der Waals surface area (Å²) >= 11 is 0. The Kier molecular flexibility index (Phi) is 9.05. The summed E-state index contributed by atoms with van der Waals surface area (Å²) in [5, 5.41) is 0. The average molecular weight is 571 g/mol. The highest BCUT2D eigenvalue weighted by atomic mass is 19.3. The molecular formula is C30H26F8O2. The Morgan fingerprint density at radius 1 is 0.825 bits per heavy atom. The number of ether oxygens (including phenoxy) is 2. The van der Waals surface area contributed by atoms with E-state index in [1.165, 1.54) is 18.6 Å². The number of benzene rings is 3. The fourth-order valence-electron chi connectivity index (χ4n) is 5.08. The molecule has 0 saturated heterocycles. The van der Waals surface area contributed by atoms with Gasteiger partial charge in [0.25, 0.3) is 0 Å². The molecule has 0 atom stereocenters. The first-order valence-corrected chi connectivity index (χ1v) is 12.8. The molecule has 0 bridgehead atoms. The van der Waals surface area contributed by atoms with E-state index < -0.39 is 63.8 Å². The van der Waals surface area contributed by atoms with E-state index in [0.29, 0.717) is 24.1 Å². The molecule has 0 aromatic heterocycles. The van der Waals surface area contributed by atoms with Crippen LogP contribution in [-0.2, 0) is 6.11 Å². The molecule has 3 aromatic carbocycles. The first kappa shape index (κ1) is 29.4. The van der Waals surface area contributed by atoms with Crippen LogP contribution in [0.1, 0.15) is 62.5 Å². The van der Waals surface area contributed by atoms with Crippen LogP contribution in [0.15, 0.2) is 66.7 Å². The van der Waals surface area contributed by atoms with Gasteiger partial charge in [-0.3, -0.25) is 0 Å². The molecule has 10 heteroatoms. The van der Waals surface area contributed by atoms with Crippen molar-refractivity contribution in [2.45, 2.75) is 57.5 Å². The molecule has 0 N–H and O–H groups in total. The molecule has 1 saturated carbocycles. The molecule has 1 aliphatic rings. The van der Waals surface area contributed by atoms with E-state index in [4.69, 9.17) is 4.74 Å². The minimum atomic E-state index is -3.80. The molecule has 1 aliphatic carbocycles. The summed E-state index contributed by atoms with van der Waals surface area (Å²) in [6.45, 7) is 2.17. The van der Waals surface area contributed by atoms with Gasteiger partial charge < -0.3 is 9.47 Å². The van der Waals surface area contributed by atoms with Gasteiger partial charge in [-0.25, -0.2) is 13.2 Å². The van der Waals surface area contributed by atoms with Gasteiger partial charge in [-0.2, -0.15) is 22.0 Å². The second-order valence-electron chi connectivity index (χ2n) is 9.79. The molecule has 40 heavy (non-hydrogen) atoms. The Morgan fingerprint density at radius 3 is 2.00 bits per heavy atom. The maximum Gasteiger partial charge on any atom is 0.426 e. The van der Waals surface area contributed by atoms with Crippen molar-refractivity contribution in [1.29, 1.82) is 0 Å². The van der Waals surface area contributed by atoms with Gasteiger partial charge in [-0.15, -0.1) is 0 Å². The summed E-state index contributed by atoms with van der Waals surface area (Å²) in [4.78, 5) is 0. The minimum Gasteiger partial charge on any atom is -0.429 e. The summed E-state index contributed by atoms with van der Waals surface area (Å²) in [5.74, 6) is -5.30. The third-order valence-electron chi connectivity index (χ3n) is 7.10. The Bertz CT molecular complexity index is 1340. The van der Waals surface area contributed by atoms with E-state index in [0.717, 1.165) is 55.7 Å². The predicted octanol–water partition coefficient (Wildman–Crippen LogP) is 10.4. The SMILES string of the molecule is CCCC1CCC(c2ccc(C(F)(F)Oc3ccc(-c4cc(F)c(OC(F)=C(F)F)c(F)c4)c(F)c3)cc2)CC1. The lowest BCUT2D eigenvalue weighted by Gasteiger charge is -2.29. The molecule has 0 spiro atoms. The van der Waals surface area contributed by atoms with Crippen molar-refractivity contribution in [2.24, 2.45) is 5.92 Å². The largest absolute Gasteiger partial charge is 0.429 e. The normalized spacial score (nSPS) is 17.4. The Hall–Kier alpha value is -3.56. The maximum absolute atomic E-state index is 14.9. The van der Waals surface area contributed by atoms with E-state index >= 15 is 0 Å². The number of hydrogen-bond donors (Lipinski definition) is 0. The van der Waals surface area contributed by atoms with Crippen LogP contribution in [0.2, 0.25) is 0 Å². The summed E-state index contributed by atoms with van der Waals surface area (Å²) in [7, 11) is 0. The molecule has 4 rings (SSSR count). The quantitative estimate of drug-likeness (QED) is 0.188. The molecule has 2 nitrogen and oxygen atoms in total. The van der Waals surface area contributed by atoms with Crippen LogP contribution in [-0.4, -0.2) is 0 Å². The maximum atomic E-state index is 14.9. The predicted molar refractivity (Wildman–Crippen MR) is 133 cm³/mol. The first-order valence-electron chi connectivity index (χ1n) is 12.8. The average Bonchev–Trinajstić information content (AvgIpc) is 2.91. The molecule has 0 heterocycles. The zero-order chi connectivity index (χ0) is 29.0. The number of halogens is 8. The number of alkyl halides is 2.